The number of aliphatic hydroxyl groups excluding tert-OH is 1. The Balaban J connectivity index is 3.09. The van der Waals surface area contributed by atoms with Crippen molar-refractivity contribution in [1.29, 1.82) is 0 Å². The van der Waals surface area contributed by atoms with Crippen LogP contribution >= 0.6 is 0 Å². The summed E-state index contributed by atoms with van der Waals surface area (Å²) in [7, 11) is 0. The summed E-state index contributed by atoms with van der Waals surface area (Å²) in [4.78, 5) is 0. The van der Waals surface area contributed by atoms with Crippen LogP contribution in [0.2, 0.25) is 0 Å². The average molecular weight is 168 g/mol. The fraction of sp³-hybridized carbons (Fsp3) is 0.818. The molecule has 0 amide bonds. The molecule has 1 atom stereocenters. The first kappa shape index (κ1) is 11.5. The third-order valence-electron chi connectivity index (χ3n) is 2.01. The lowest BCUT2D eigenvalue weighted by Gasteiger charge is -2.07. The first-order chi connectivity index (χ1) is 5.81. The summed E-state index contributed by atoms with van der Waals surface area (Å²) in [6, 6.07) is 0. The minimum absolute atomic E-state index is 0.169. The molecule has 0 aromatic heterocycles. The lowest BCUT2D eigenvalue weighted by atomic mass is 10.1. The monoisotopic (exact) mass is 168 g/mol. The maximum absolute atomic E-state index is 9.38. The topological polar surface area (TPSA) is 20.2 Å². The molecule has 0 spiro atoms. The number of unbranched alkanes of at least 4 members (excludes halogenated alkanes) is 3. The van der Waals surface area contributed by atoms with Crippen LogP contribution < -0.4 is 0 Å². The summed E-state index contributed by atoms with van der Waals surface area (Å²) in [6.45, 7) is 2.19. The largest absolute Gasteiger partial charge is 0.393 e. The zero-order valence-electron chi connectivity index (χ0n) is 8.05. The smallest absolute Gasteiger partial charge is 0.0549 e. The lowest BCUT2D eigenvalue weighted by molar-refractivity contribution is 0.152. The molecule has 0 fully saturated rings. The molecule has 12 heavy (non-hydrogen) atoms. The van der Waals surface area contributed by atoms with E-state index in [2.05, 4.69) is 12.8 Å². The van der Waals surface area contributed by atoms with Crippen molar-refractivity contribution < 1.29 is 5.11 Å². The van der Waals surface area contributed by atoms with Gasteiger partial charge in [-0.05, 0) is 12.8 Å². The van der Waals surface area contributed by atoms with Crippen molar-refractivity contribution in [2.75, 3.05) is 0 Å². The van der Waals surface area contributed by atoms with Crippen LogP contribution in [0.1, 0.15) is 51.9 Å². The molecule has 0 heterocycles. The normalized spacial score (nSPS) is 12.4. The van der Waals surface area contributed by atoms with Crippen LogP contribution in [0, 0.1) is 12.3 Å². The minimum atomic E-state index is -0.169. The van der Waals surface area contributed by atoms with E-state index in [1.54, 1.807) is 0 Å². The van der Waals surface area contributed by atoms with Crippen LogP contribution in [0.15, 0.2) is 0 Å². The third kappa shape index (κ3) is 7.63. The highest BCUT2D eigenvalue weighted by molar-refractivity contribution is 4.84. The molecule has 1 unspecified atom stereocenters. The Morgan fingerprint density at radius 2 is 2.00 bits per heavy atom. The molecule has 70 valence electrons. The van der Waals surface area contributed by atoms with Gasteiger partial charge in [0.25, 0.3) is 0 Å². The van der Waals surface area contributed by atoms with Gasteiger partial charge >= 0.3 is 0 Å². The highest BCUT2D eigenvalue weighted by Crippen LogP contribution is 2.08. The Labute approximate surface area is 76.2 Å². The molecule has 0 aliphatic carbocycles. The van der Waals surface area contributed by atoms with Crippen molar-refractivity contribution in [3.05, 3.63) is 0 Å². The first-order valence-corrected chi connectivity index (χ1v) is 4.92. The number of rotatable bonds is 7. The summed E-state index contributed by atoms with van der Waals surface area (Å²) in [5.41, 5.74) is 0. The second-order valence-electron chi connectivity index (χ2n) is 3.25. The van der Waals surface area contributed by atoms with Gasteiger partial charge in [-0.15, -0.1) is 12.3 Å². The fourth-order valence-corrected chi connectivity index (χ4v) is 1.20. The van der Waals surface area contributed by atoms with E-state index < -0.39 is 0 Å². The predicted molar refractivity (Wildman–Crippen MR) is 52.8 cm³/mol. The van der Waals surface area contributed by atoms with Crippen LogP contribution in [0.4, 0.5) is 0 Å². The third-order valence-corrected chi connectivity index (χ3v) is 2.01. The quantitative estimate of drug-likeness (QED) is 0.458. The molecule has 0 aliphatic rings. The van der Waals surface area contributed by atoms with Crippen molar-refractivity contribution in [3.63, 3.8) is 0 Å². The zero-order valence-corrected chi connectivity index (χ0v) is 8.05. The Bertz CT molecular complexity index is 123. The Hall–Kier alpha value is -0.480. The Morgan fingerprint density at radius 1 is 1.25 bits per heavy atom. The summed E-state index contributed by atoms with van der Waals surface area (Å²) < 4.78 is 0. The highest BCUT2D eigenvalue weighted by Gasteiger charge is 2.01. The van der Waals surface area contributed by atoms with Gasteiger partial charge in [-0.1, -0.05) is 32.6 Å². The van der Waals surface area contributed by atoms with Gasteiger partial charge in [0, 0.05) is 6.42 Å². The summed E-state index contributed by atoms with van der Waals surface area (Å²) in [6.07, 6.45) is 12.2. The van der Waals surface area contributed by atoms with Crippen LogP contribution in [0.25, 0.3) is 0 Å². The molecular weight excluding hydrogens is 148 g/mol. The molecule has 0 saturated heterocycles. The number of hydrogen-bond acceptors (Lipinski definition) is 1. The molecule has 0 aliphatic heterocycles. The van der Waals surface area contributed by atoms with E-state index in [0.29, 0.717) is 6.42 Å². The fourth-order valence-electron chi connectivity index (χ4n) is 1.20. The van der Waals surface area contributed by atoms with E-state index in [-0.39, 0.29) is 6.10 Å². The van der Waals surface area contributed by atoms with Gasteiger partial charge in [-0.2, -0.15) is 0 Å². The van der Waals surface area contributed by atoms with Gasteiger partial charge in [0.1, 0.15) is 0 Å². The van der Waals surface area contributed by atoms with E-state index in [1.165, 1.54) is 19.3 Å². The standard InChI is InChI=1S/C11H20O/c1-3-5-7-8-10-11(12)9-6-4-2/h2,11-12H,3,5-10H2,1H3. The Morgan fingerprint density at radius 3 is 2.58 bits per heavy atom. The summed E-state index contributed by atoms with van der Waals surface area (Å²) >= 11 is 0. The maximum atomic E-state index is 9.38. The average Bonchev–Trinajstić information content (AvgIpc) is 2.09. The zero-order chi connectivity index (χ0) is 9.23. The SMILES string of the molecule is C#CCCC(O)CCCCCC. The number of hydrogen-bond donors (Lipinski definition) is 1. The minimum Gasteiger partial charge on any atom is -0.393 e. The molecule has 0 bridgehead atoms. The predicted octanol–water partition coefficient (Wildman–Crippen LogP) is 2.73. The van der Waals surface area contributed by atoms with Gasteiger partial charge in [0.05, 0.1) is 6.10 Å². The van der Waals surface area contributed by atoms with Gasteiger partial charge in [-0.25, -0.2) is 0 Å². The van der Waals surface area contributed by atoms with E-state index in [9.17, 15) is 5.11 Å². The van der Waals surface area contributed by atoms with Crippen molar-refractivity contribution in [3.8, 4) is 12.3 Å². The maximum Gasteiger partial charge on any atom is 0.0549 e. The molecule has 1 N–H and O–H groups in total. The van der Waals surface area contributed by atoms with Gasteiger partial charge in [0.15, 0.2) is 0 Å². The number of aliphatic hydroxyl groups is 1. The second kappa shape index (κ2) is 8.62. The van der Waals surface area contributed by atoms with E-state index in [0.717, 1.165) is 19.3 Å². The van der Waals surface area contributed by atoms with Crippen LogP contribution in [0.3, 0.4) is 0 Å². The van der Waals surface area contributed by atoms with Gasteiger partial charge in [-0.3, -0.25) is 0 Å². The van der Waals surface area contributed by atoms with Gasteiger partial charge in [0.2, 0.25) is 0 Å². The summed E-state index contributed by atoms with van der Waals surface area (Å²) in [5, 5.41) is 9.38. The number of terminal acetylenes is 1. The van der Waals surface area contributed by atoms with E-state index >= 15 is 0 Å². The van der Waals surface area contributed by atoms with Crippen LogP contribution in [-0.4, -0.2) is 11.2 Å². The Kier molecular flexibility index (Phi) is 8.27. The molecule has 1 nitrogen and oxygen atoms in total. The lowest BCUT2D eigenvalue weighted by Crippen LogP contribution is -2.05. The van der Waals surface area contributed by atoms with E-state index in [4.69, 9.17) is 6.42 Å². The van der Waals surface area contributed by atoms with Gasteiger partial charge < -0.3 is 5.11 Å². The molecule has 0 aromatic carbocycles. The molecular formula is C11H20O. The van der Waals surface area contributed by atoms with Crippen molar-refractivity contribution in [2.24, 2.45) is 0 Å². The van der Waals surface area contributed by atoms with Crippen LogP contribution in [0.5, 0.6) is 0 Å². The second-order valence-corrected chi connectivity index (χ2v) is 3.25. The van der Waals surface area contributed by atoms with E-state index in [1.807, 2.05) is 0 Å². The first-order valence-electron chi connectivity index (χ1n) is 4.92. The van der Waals surface area contributed by atoms with Crippen molar-refractivity contribution in [1.82, 2.24) is 0 Å². The molecule has 0 radical (unpaired) electrons. The molecule has 1 heteroatoms. The highest BCUT2D eigenvalue weighted by atomic mass is 16.3. The van der Waals surface area contributed by atoms with Crippen molar-refractivity contribution in [2.45, 2.75) is 58.0 Å². The molecule has 0 aromatic rings. The van der Waals surface area contributed by atoms with Crippen LogP contribution in [-0.2, 0) is 0 Å². The molecule has 0 rings (SSSR count). The molecule has 0 saturated carbocycles. The summed E-state index contributed by atoms with van der Waals surface area (Å²) in [5.74, 6) is 2.54. The van der Waals surface area contributed by atoms with Crippen molar-refractivity contribution >= 4 is 0 Å².